The lowest BCUT2D eigenvalue weighted by Gasteiger charge is -2.22. The van der Waals surface area contributed by atoms with Gasteiger partial charge in [-0.3, -0.25) is 9.59 Å². The van der Waals surface area contributed by atoms with Gasteiger partial charge >= 0.3 is 0 Å². The summed E-state index contributed by atoms with van der Waals surface area (Å²) in [5.41, 5.74) is 2.99. The summed E-state index contributed by atoms with van der Waals surface area (Å²) in [4.78, 5) is 29.3. The molecule has 136 valence electrons. The van der Waals surface area contributed by atoms with Crippen molar-refractivity contribution in [3.05, 3.63) is 57.2 Å². The van der Waals surface area contributed by atoms with Crippen molar-refractivity contribution in [2.45, 2.75) is 46.2 Å². The second-order valence-corrected chi connectivity index (χ2v) is 6.83. The van der Waals surface area contributed by atoms with Crippen LogP contribution < -0.4 is 10.9 Å². The fraction of sp³-hybridized carbons (Fsp3) is 0.350. The van der Waals surface area contributed by atoms with E-state index in [9.17, 15) is 9.59 Å². The van der Waals surface area contributed by atoms with E-state index in [-0.39, 0.29) is 17.4 Å². The molecular formula is C20H22ClN3O2. The predicted octanol–water partition coefficient (Wildman–Crippen LogP) is 3.70. The Morgan fingerprint density at radius 2 is 2.12 bits per heavy atom. The molecule has 0 radical (unpaired) electrons. The number of nitrogens with zero attached hydrogens (tertiary/aromatic N) is 2. The van der Waals surface area contributed by atoms with Crippen LogP contribution in [0.25, 0.3) is 16.5 Å². The number of carbonyl (C=O) groups is 1. The van der Waals surface area contributed by atoms with Gasteiger partial charge in [0.25, 0.3) is 5.56 Å². The van der Waals surface area contributed by atoms with Gasteiger partial charge in [0.15, 0.2) is 5.78 Å². The molecule has 3 rings (SSSR count). The Hall–Kier alpha value is -2.40. The molecule has 1 N–H and O–H groups in total. The van der Waals surface area contributed by atoms with E-state index < -0.39 is 0 Å². The number of pyridine rings is 2. The Labute approximate surface area is 157 Å². The van der Waals surface area contributed by atoms with Crippen molar-refractivity contribution in [2.24, 2.45) is 0 Å². The molecule has 0 bridgehead atoms. The Balaban J connectivity index is 2.08. The maximum absolute atomic E-state index is 13.0. The zero-order chi connectivity index (χ0) is 18.8. The molecule has 26 heavy (non-hydrogen) atoms. The monoisotopic (exact) mass is 371 g/mol. The smallest absolute Gasteiger partial charge is 0.258 e. The zero-order valence-electron chi connectivity index (χ0n) is 15.2. The quantitative estimate of drug-likeness (QED) is 0.814. The number of allylic oxidation sites excluding steroid dienone is 2. The molecule has 0 saturated heterocycles. The van der Waals surface area contributed by atoms with Gasteiger partial charge in [-0.2, -0.15) is 0 Å². The highest BCUT2D eigenvalue weighted by Crippen LogP contribution is 2.26. The highest BCUT2D eigenvalue weighted by molar-refractivity contribution is 6.30. The summed E-state index contributed by atoms with van der Waals surface area (Å²) < 4.78 is 1.70. The Morgan fingerprint density at radius 3 is 2.77 bits per heavy atom. The van der Waals surface area contributed by atoms with Crippen LogP contribution in [0.15, 0.2) is 41.0 Å². The van der Waals surface area contributed by atoms with Gasteiger partial charge in [-0.25, -0.2) is 4.98 Å². The van der Waals surface area contributed by atoms with Crippen LogP contribution in [0.1, 0.15) is 39.2 Å². The normalized spacial score (nSPS) is 16.8. The van der Waals surface area contributed by atoms with Crippen LogP contribution in [0.2, 0.25) is 5.15 Å². The number of hydrogen-bond donors (Lipinski definition) is 1. The molecule has 2 aromatic rings. The molecular weight excluding hydrogens is 350 g/mol. The summed E-state index contributed by atoms with van der Waals surface area (Å²) in [6.45, 7) is 6.37. The summed E-state index contributed by atoms with van der Waals surface area (Å²) in [5, 5.41) is 4.34. The van der Waals surface area contributed by atoms with E-state index >= 15 is 0 Å². The van der Waals surface area contributed by atoms with Gasteiger partial charge in [0.2, 0.25) is 0 Å². The summed E-state index contributed by atoms with van der Waals surface area (Å²) >= 11 is 5.99. The SMILES string of the molecule is CCCC(=O)C1C=C(C)C(c2cc3cnc(Cl)cc3n(CC)c2=O)=CN1. The molecule has 1 aliphatic heterocycles. The number of fused-ring (bicyclic) bond motifs is 1. The molecule has 1 unspecified atom stereocenters. The van der Waals surface area contributed by atoms with Crippen molar-refractivity contribution < 1.29 is 4.79 Å². The maximum atomic E-state index is 13.0. The van der Waals surface area contributed by atoms with Crippen LogP contribution in [-0.4, -0.2) is 21.4 Å². The van der Waals surface area contributed by atoms with Crippen LogP contribution in [0.5, 0.6) is 0 Å². The molecule has 0 saturated carbocycles. The first-order valence-electron chi connectivity index (χ1n) is 8.83. The van der Waals surface area contributed by atoms with Crippen molar-refractivity contribution in [1.82, 2.24) is 14.9 Å². The Kier molecular flexibility index (Phi) is 5.28. The number of halogens is 1. The van der Waals surface area contributed by atoms with E-state index in [1.807, 2.05) is 32.9 Å². The number of Topliss-reactive ketones (excluding diaryl/α,β-unsaturated/α-hetero) is 1. The second-order valence-electron chi connectivity index (χ2n) is 6.44. The van der Waals surface area contributed by atoms with Gasteiger partial charge in [-0.15, -0.1) is 0 Å². The lowest BCUT2D eigenvalue weighted by molar-refractivity contribution is -0.119. The molecule has 6 heteroatoms. The molecule has 0 fully saturated rings. The first-order valence-corrected chi connectivity index (χ1v) is 9.21. The molecule has 0 aromatic carbocycles. The van der Waals surface area contributed by atoms with Crippen molar-refractivity contribution in [2.75, 3.05) is 0 Å². The van der Waals surface area contributed by atoms with Gasteiger partial charge in [-0.05, 0) is 38.0 Å². The lowest BCUT2D eigenvalue weighted by atomic mass is 9.94. The molecule has 0 spiro atoms. The van der Waals surface area contributed by atoms with E-state index in [4.69, 9.17) is 11.6 Å². The molecule has 2 aromatic heterocycles. The Bertz CT molecular complexity index is 988. The van der Waals surface area contributed by atoms with E-state index in [2.05, 4.69) is 10.3 Å². The van der Waals surface area contributed by atoms with Crippen molar-refractivity contribution in [3.63, 3.8) is 0 Å². The van der Waals surface area contributed by atoms with Gasteiger partial charge < -0.3 is 9.88 Å². The lowest BCUT2D eigenvalue weighted by Crippen LogP contribution is -2.34. The number of ketones is 1. The number of aromatic nitrogens is 2. The third kappa shape index (κ3) is 3.31. The van der Waals surface area contributed by atoms with Gasteiger partial charge in [0.05, 0.1) is 5.52 Å². The van der Waals surface area contributed by atoms with E-state index in [1.165, 1.54) is 0 Å². The summed E-state index contributed by atoms with van der Waals surface area (Å²) in [6, 6.07) is 3.22. The van der Waals surface area contributed by atoms with Crippen molar-refractivity contribution in [3.8, 4) is 0 Å². The molecule has 3 heterocycles. The number of carbonyl (C=O) groups excluding carboxylic acids is 1. The van der Waals surface area contributed by atoms with Crippen molar-refractivity contribution in [1.29, 1.82) is 0 Å². The first-order chi connectivity index (χ1) is 12.5. The summed E-state index contributed by atoms with van der Waals surface area (Å²) in [5.74, 6) is 0.158. The minimum atomic E-state index is -0.326. The number of hydrogen-bond acceptors (Lipinski definition) is 4. The number of dihydropyridines is 1. The second kappa shape index (κ2) is 7.46. The fourth-order valence-electron chi connectivity index (χ4n) is 3.31. The fourth-order valence-corrected chi connectivity index (χ4v) is 3.46. The third-order valence-corrected chi connectivity index (χ3v) is 4.85. The van der Waals surface area contributed by atoms with Gasteiger partial charge in [-0.1, -0.05) is 24.6 Å². The minimum absolute atomic E-state index is 0.0820. The first kappa shape index (κ1) is 18.4. The molecule has 0 aliphatic carbocycles. The summed E-state index contributed by atoms with van der Waals surface area (Å²) in [6.07, 6.45) is 6.71. The topological polar surface area (TPSA) is 64.0 Å². The van der Waals surface area contributed by atoms with Crippen LogP contribution in [0.3, 0.4) is 0 Å². The highest BCUT2D eigenvalue weighted by Gasteiger charge is 2.21. The van der Waals surface area contributed by atoms with E-state index in [1.54, 1.807) is 23.0 Å². The predicted molar refractivity (Wildman–Crippen MR) is 105 cm³/mol. The molecule has 1 aliphatic rings. The highest BCUT2D eigenvalue weighted by atomic mass is 35.5. The molecule has 1 atom stereocenters. The number of rotatable bonds is 5. The molecule has 0 amide bonds. The van der Waals surface area contributed by atoms with E-state index in [0.717, 1.165) is 28.5 Å². The standard InChI is InChI=1S/C20H22ClN3O2/c1-4-6-18(25)16-7-12(3)15(11-22-16)14-8-13-10-23-19(21)9-17(13)24(5-2)20(14)26/h7-11,16,22H,4-6H2,1-3H3. The molecule has 5 nitrogen and oxygen atoms in total. The van der Waals surface area contributed by atoms with Crippen LogP contribution in [-0.2, 0) is 11.3 Å². The van der Waals surface area contributed by atoms with Crippen LogP contribution >= 0.6 is 11.6 Å². The number of nitrogens with one attached hydrogen (secondary N) is 1. The zero-order valence-corrected chi connectivity index (χ0v) is 15.9. The largest absolute Gasteiger partial charge is 0.378 e. The van der Waals surface area contributed by atoms with Crippen molar-refractivity contribution >= 4 is 33.9 Å². The number of aryl methyl sites for hydroxylation is 1. The average Bonchev–Trinajstić information content (AvgIpc) is 2.62. The minimum Gasteiger partial charge on any atom is -0.378 e. The third-order valence-electron chi connectivity index (χ3n) is 4.64. The van der Waals surface area contributed by atoms with Gasteiger partial charge in [0.1, 0.15) is 11.2 Å². The van der Waals surface area contributed by atoms with Crippen LogP contribution in [0.4, 0.5) is 0 Å². The van der Waals surface area contributed by atoms with E-state index in [0.29, 0.717) is 23.7 Å². The average molecular weight is 372 g/mol. The maximum Gasteiger partial charge on any atom is 0.258 e. The summed E-state index contributed by atoms with van der Waals surface area (Å²) in [7, 11) is 0. The Morgan fingerprint density at radius 1 is 1.35 bits per heavy atom. The van der Waals surface area contributed by atoms with Crippen LogP contribution in [0, 0.1) is 0 Å². The van der Waals surface area contributed by atoms with Gasteiger partial charge in [0, 0.05) is 41.9 Å².